The van der Waals surface area contributed by atoms with Gasteiger partial charge < -0.3 is 24.4 Å². The molecule has 1 heterocycles. The fourth-order valence-corrected chi connectivity index (χ4v) is 4.74. The third-order valence-electron chi connectivity index (χ3n) is 5.47. The minimum atomic E-state index is 0.234. The highest BCUT2D eigenvalue weighted by atomic mass is 35.5. The second-order valence-electron chi connectivity index (χ2n) is 7.75. The topological polar surface area (TPSA) is 43.0 Å². The van der Waals surface area contributed by atoms with Gasteiger partial charge in [0, 0.05) is 40.9 Å². The maximum absolute atomic E-state index is 6.55. The summed E-state index contributed by atoms with van der Waals surface area (Å²) < 4.78 is 16.9. The number of methoxy groups -OCH3 is 1. The second kappa shape index (κ2) is 11.6. The first kappa shape index (κ1) is 25.1. The number of nitrogens with zero attached hydrogens (tertiary/aromatic N) is 1. The van der Waals surface area contributed by atoms with Crippen LogP contribution in [0.1, 0.15) is 11.1 Å². The standard InChI is InChI=1S/C25H24Cl4N2O3/c1-32-24-11-16(10-22(29)25(24)34-15-17-2-3-18(26)12-20(17)27)14-30-19-4-5-23(21(28)13-19)31-6-8-33-9-7-31/h2-5,10-13,30H,6-9,14-15H2,1H3. The summed E-state index contributed by atoms with van der Waals surface area (Å²) in [5, 5.41) is 5.63. The van der Waals surface area contributed by atoms with E-state index in [-0.39, 0.29) is 6.61 Å². The number of hydrogen-bond acceptors (Lipinski definition) is 5. The number of nitrogens with one attached hydrogen (secondary N) is 1. The third kappa shape index (κ3) is 6.15. The number of hydrogen-bond donors (Lipinski definition) is 1. The first-order valence-electron chi connectivity index (χ1n) is 10.7. The Morgan fingerprint density at radius 1 is 0.912 bits per heavy atom. The molecule has 1 fully saturated rings. The van der Waals surface area contributed by atoms with E-state index in [0.29, 0.717) is 51.3 Å². The molecule has 0 bridgehead atoms. The van der Waals surface area contributed by atoms with Crippen LogP contribution < -0.4 is 19.7 Å². The lowest BCUT2D eigenvalue weighted by Gasteiger charge is -2.29. The lowest BCUT2D eigenvalue weighted by Crippen LogP contribution is -2.36. The third-order valence-corrected chi connectivity index (χ3v) is 6.64. The van der Waals surface area contributed by atoms with Gasteiger partial charge in [-0.15, -0.1) is 0 Å². The molecule has 0 radical (unpaired) electrons. The summed E-state index contributed by atoms with van der Waals surface area (Å²) in [6.07, 6.45) is 0. The van der Waals surface area contributed by atoms with E-state index < -0.39 is 0 Å². The molecule has 1 saturated heterocycles. The minimum Gasteiger partial charge on any atom is -0.493 e. The van der Waals surface area contributed by atoms with Crippen LogP contribution in [0.2, 0.25) is 20.1 Å². The van der Waals surface area contributed by atoms with Gasteiger partial charge in [-0.1, -0.05) is 52.5 Å². The van der Waals surface area contributed by atoms with Crippen molar-refractivity contribution in [2.75, 3.05) is 43.6 Å². The van der Waals surface area contributed by atoms with Crippen molar-refractivity contribution in [1.29, 1.82) is 0 Å². The van der Waals surface area contributed by atoms with Gasteiger partial charge in [-0.05, 0) is 48.0 Å². The maximum atomic E-state index is 6.55. The van der Waals surface area contributed by atoms with Crippen molar-refractivity contribution >= 4 is 57.8 Å². The van der Waals surface area contributed by atoms with Gasteiger partial charge in [-0.25, -0.2) is 0 Å². The zero-order valence-electron chi connectivity index (χ0n) is 18.5. The molecule has 180 valence electrons. The molecule has 0 spiro atoms. The van der Waals surface area contributed by atoms with Crippen molar-refractivity contribution in [1.82, 2.24) is 0 Å². The van der Waals surface area contributed by atoms with E-state index >= 15 is 0 Å². The molecular formula is C25H24Cl4N2O3. The molecule has 3 aromatic carbocycles. The summed E-state index contributed by atoms with van der Waals surface area (Å²) in [7, 11) is 1.58. The number of rotatable bonds is 8. The molecule has 0 aromatic heterocycles. The van der Waals surface area contributed by atoms with Crippen LogP contribution in [0.5, 0.6) is 11.5 Å². The van der Waals surface area contributed by atoms with Crippen LogP contribution in [0, 0.1) is 0 Å². The monoisotopic (exact) mass is 540 g/mol. The minimum absolute atomic E-state index is 0.234. The summed E-state index contributed by atoms with van der Waals surface area (Å²) in [4.78, 5) is 2.23. The van der Waals surface area contributed by atoms with Crippen LogP contribution in [0.3, 0.4) is 0 Å². The first-order chi connectivity index (χ1) is 16.4. The van der Waals surface area contributed by atoms with Gasteiger partial charge in [0.05, 0.1) is 36.1 Å². The molecule has 4 rings (SSSR count). The molecule has 3 aromatic rings. The number of halogens is 4. The Bertz CT molecular complexity index is 1150. The Hall–Kier alpha value is -2.02. The van der Waals surface area contributed by atoms with Crippen molar-refractivity contribution < 1.29 is 14.2 Å². The normalized spacial score (nSPS) is 13.6. The predicted molar refractivity (Wildman–Crippen MR) is 141 cm³/mol. The summed E-state index contributed by atoms with van der Waals surface area (Å²) in [5.41, 5.74) is 3.66. The fourth-order valence-electron chi connectivity index (χ4n) is 3.69. The zero-order chi connectivity index (χ0) is 24.1. The average molecular weight is 542 g/mol. The Balaban J connectivity index is 1.42. The molecule has 0 atom stereocenters. The molecule has 34 heavy (non-hydrogen) atoms. The molecule has 1 aliphatic heterocycles. The largest absolute Gasteiger partial charge is 0.493 e. The predicted octanol–water partition coefficient (Wildman–Crippen LogP) is 7.34. The zero-order valence-corrected chi connectivity index (χ0v) is 21.6. The van der Waals surface area contributed by atoms with Gasteiger partial charge in [-0.2, -0.15) is 0 Å². The Morgan fingerprint density at radius 3 is 2.41 bits per heavy atom. The van der Waals surface area contributed by atoms with E-state index in [1.807, 2.05) is 36.4 Å². The van der Waals surface area contributed by atoms with E-state index in [1.54, 1.807) is 19.2 Å². The smallest absolute Gasteiger partial charge is 0.180 e. The molecule has 5 nitrogen and oxygen atoms in total. The number of anilines is 2. The van der Waals surface area contributed by atoms with Gasteiger partial charge in [0.15, 0.2) is 11.5 Å². The quantitative estimate of drug-likeness (QED) is 0.323. The van der Waals surface area contributed by atoms with Crippen LogP contribution in [0.4, 0.5) is 11.4 Å². The van der Waals surface area contributed by atoms with Gasteiger partial charge in [0.1, 0.15) is 6.61 Å². The molecule has 0 saturated carbocycles. The van der Waals surface area contributed by atoms with Crippen molar-refractivity contribution in [2.45, 2.75) is 13.2 Å². The van der Waals surface area contributed by atoms with E-state index in [1.165, 1.54) is 0 Å². The highest BCUT2D eigenvalue weighted by molar-refractivity contribution is 6.35. The molecule has 0 unspecified atom stereocenters. The van der Waals surface area contributed by atoms with Crippen molar-refractivity contribution in [3.63, 3.8) is 0 Å². The maximum Gasteiger partial charge on any atom is 0.180 e. The van der Waals surface area contributed by atoms with E-state index in [2.05, 4.69) is 10.2 Å². The number of ether oxygens (including phenoxy) is 3. The van der Waals surface area contributed by atoms with Crippen LogP contribution in [-0.4, -0.2) is 33.4 Å². The lowest BCUT2D eigenvalue weighted by atomic mass is 10.1. The first-order valence-corrected chi connectivity index (χ1v) is 12.2. The Labute approximate surface area is 219 Å². The molecule has 1 N–H and O–H groups in total. The van der Waals surface area contributed by atoms with E-state index in [0.717, 1.165) is 35.6 Å². The highest BCUT2D eigenvalue weighted by Crippen LogP contribution is 2.38. The highest BCUT2D eigenvalue weighted by Gasteiger charge is 2.16. The summed E-state index contributed by atoms with van der Waals surface area (Å²) in [5.74, 6) is 0.993. The molecule has 0 amide bonds. The molecule has 0 aliphatic carbocycles. The molecule has 1 aliphatic rings. The Kier molecular flexibility index (Phi) is 8.56. The van der Waals surface area contributed by atoms with Crippen molar-refractivity contribution in [3.8, 4) is 11.5 Å². The van der Waals surface area contributed by atoms with Gasteiger partial charge in [0.25, 0.3) is 0 Å². The summed E-state index contributed by atoms with van der Waals surface area (Å²) >= 11 is 25.3. The Morgan fingerprint density at radius 2 is 1.71 bits per heavy atom. The van der Waals surface area contributed by atoms with Crippen molar-refractivity contribution in [2.24, 2.45) is 0 Å². The van der Waals surface area contributed by atoms with E-state index in [9.17, 15) is 0 Å². The lowest BCUT2D eigenvalue weighted by molar-refractivity contribution is 0.122. The van der Waals surface area contributed by atoms with Crippen LogP contribution >= 0.6 is 46.4 Å². The van der Waals surface area contributed by atoms with Crippen molar-refractivity contribution in [3.05, 3.63) is 79.7 Å². The number of morpholine rings is 1. The summed E-state index contributed by atoms with van der Waals surface area (Å²) in [6.45, 7) is 3.87. The molecule has 9 heteroatoms. The van der Waals surface area contributed by atoms with Gasteiger partial charge in [-0.3, -0.25) is 0 Å². The fraction of sp³-hybridized carbons (Fsp3) is 0.280. The van der Waals surface area contributed by atoms with Gasteiger partial charge >= 0.3 is 0 Å². The van der Waals surface area contributed by atoms with Crippen LogP contribution in [-0.2, 0) is 17.9 Å². The summed E-state index contributed by atoms with van der Waals surface area (Å²) in [6, 6.07) is 15.0. The van der Waals surface area contributed by atoms with Crippen LogP contribution in [0.25, 0.3) is 0 Å². The van der Waals surface area contributed by atoms with Crippen LogP contribution in [0.15, 0.2) is 48.5 Å². The SMILES string of the molecule is COc1cc(CNc2ccc(N3CCOCC3)c(Cl)c2)cc(Cl)c1OCc1ccc(Cl)cc1Cl. The molecular weight excluding hydrogens is 518 g/mol. The second-order valence-corrected chi connectivity index (χ2v) is 9.41. The average Bonchev–Trinajstić information content (AvgIpc) is 2.83. The van der Waals surface area contributed by atoms with E-state index in [4.69, 9.17) is 60.6 Å². The number of benzene rings is 3. The van der Waals surface area contributed by atoms with Gasteiger partial charge in [0.2, 0.25) is 0 Å².